The number of nitrogens with two attached hydrogens (primary N) is 1. The van der Waals surface area contributed by atoms with Crippen LogP contribution in [0.25, 0.3) is 10.9 Å². The van der Waals surface area contributed by atoms with Crippen LogP contribution in [0.3, 0.4) is 0 Å². The number of carbonyl (C=O) groups is 1. The van der Waals surface area contributed by atoms with Gasteiger partial charge in [-0.05, 0) is 24.1 Å². The van der Waals surface area contributed by atoms with Crippen LogP contribution in [0, 0.1) is 0 Å². The number of aromatic nitrogens is 3. The zero-order valence-corrected chi connectivity index (χ0v) is 13.2. The summed E-state index contributed by atoms with van der Waals surface area (Å²) < 4.78 is 1.79. The fourth-order valence-electron chi connectivity index (χ4n) is 2.57. The Hall–Kier alpha value is -2.89. The van der Waals surface area contributed by atoms with Gasteiger partial charge in [-0.25, -0.2) is 4.98 Å². The SMILES string of the molecule is CN(CCc1cnn(C)c1)c1cc(C(N)=O)c2ccccc2n1. The Kier molecular flexibility index (Phi) is 3.97. The maximum Gasteiger partial charge on any atom is 0.249 e. The molecule has 0 unspecified atom stereocenters. The molecule has 1 aromatic carbocycles. The van der Waals surface area contributed by atoms with E-state index in [2.05, 4.69) is 10.1 Å². The van der Waals surface area contributed by atoms with Crippen molar-refractivity contribution >= 4 is 22.6 Å². The quantitative estimate of drug-likeness (QED) is 0.779. The molecule has 118 valence electrons. The lowest BCUT2D eigenvalue weighted by molar-refractivity contribution is 0.100. The molecule has 6 heteroatoms. The van der Waals surface area contributed by atoms with Gasteiger partial charge in [0.25, 0.3) is 0 Å². The lowest BCUT2D eigenvalue weighted by atomic mass is 10.1. The molecule has 0 spiro atoms. The van der Waals surface area contributed by atoms with Gasteiger partial charge in [0.15, 0.2) is 0 Å². The van der Waals surface area contributed by atoms with Gasteiger partial charge in [0.1, 0.15) is 5.82 Å². The summed E-state index contributed by atoms with van der Waals surface area (Å²) in [4.78, 5) is 18.4. The molecule has 0 saturated carbocycles. The molecule has 0 aliphatic rings. The molecule has 3 rings (SSSR count). The van der Waals surface area contributed by atoms with E-state index >= 15 is 0 Å². The third-order valence-corrected chi connectivity index (χ3v) is 3.85. The van der Waals surface area contributed by atoms with Crippen molar-refractivity contribution in [3.63, 3.8) is 0 Å². The summed E-state index contributed by atoms with van der Waals surface area (Å²) in [5.41, 5.74) is 7.95. The van der Waals surface area contributed by atoms with Crippen molar-refractivity contribution < 1.29 is 4.79 Å². The Morgan fingerprint density at radius 1 is 1.35 bits per heavy atom. The smallest absolute Gasteiger partial charge is 0.249 e. The molecule has 2 N–H and O–H groups in total. The van der Waals surface area contributed by atoms with E-state index in [0.717, 1.165) is 35.2 Å². The van der Waals surface area contributed by atoms with Gasteiger partial charge in [0.2, 0.25) is 5.91 Å². The normalized spacial score (nSPS) is 10.9. The van der Waals surface area contributed by atoms with Gasteiger partial charge in [0, 0.05) is 32.2 Å². The molecule has 1 amide bonds. The number of carbonyl (C=O) groups excluding carboxylic acids is 1. The predicted octanol–water partition coefficient (Wildman–Crippen LogP) is 1.75. The maximum atomic E-state index is 11.7. The molecule has 0 fully saturated rings. The summed E-state index contributed by atoms with van der Waals surface area (Å²) in [5, 5.41) is 4.95. The molecular weight excluding hydrogens is 290 g/mol. The Balaban J connectivity index is 1.87. The molecule has 6 nitrogen and oxygen atoms in total. The van der Waals surface area contributed by atoms with Crippen LogP contribution in [0.5, 0.6) is 0 Å². The van der Waals surface area contributed by atoms with Crippen LogP contribution in [0.1, 0.15) is 15.9 Å². The monoisotopic (exact) mass is 309 g/mol. The van der Waals surface area contributed by atoms with Crippen LogP contribution >= 0.6 is 0 Å². The average Bonchev–Trinajstić information content (AvgIpc) is 2.96. The fraction of sp³-hybridized carbons (Fsp3) is 0.235. The Morgan fingerprint density at radius 3 is 2.83 bits per heavy atom. The van der Waals surface area contributed by atoms with E-state index in [1.54, 1.807) is 10.7 Å². The molecule has 2 aromatic heterocycles. The first-order valence-corrected chi connectivity index (χ1v) is 7.43. The minimum atomic E-state index is -0.439. The third kappa shape index (κ3) is 3.15. The van der Waals surface area contributed by atoms with E-state index in [0.29, 0.717) is 5.56 Å². The van der Waals surface area contributed by atoms with Gasteiger partial charge in [-0.15, -0.1) is 0 Å². The molecule has 0 bridgehead atoms. The standard InChI is InChI=1S/C17H19N5O/c1-21(8-7-12-10-19-22(2)11-12)16-9-14(17(18)23)13-5-3-4-6-15(13)20-16/h3-6,9-11H,7-8H2,1-2H3,(H2,18,23). The number of anilines is 1. The van der Waals surface area contributed by atoms with Crippen molar-refractivity contribution in [2.45, 2.75) is 6.42 Å². The zero-order chi connectivity index (χ0) is 16.4. The van der Waals surface area contributed by atoms with E-state index in [1.165, 1.54) is 0 Å². The van der Waals surface area contributed by atoms with Crippen LogP contribution in [0.2, 0.25) is 0 Å². The lowest BCUT2D eigenvalue weighted by Gasteiger charge is -2.19. The van der Waals surface area contributed by atoms with Gasteiger partial charge in [-0.2, -0.15) is 5.10 Å². The Morgan fingerprint density at radius 2 is 2.13 bits per heavy atom. The summed E-state index contributed by atoms with van der Waals surface area (Å²) in [7, 11) is 3.86. The average molecular weight is 309 g/mol. The van der Waals surface area contributed by atoms with Crippen LogP contribution in [-0.2, 0) is 13.5 Å². The maximum absolute atomic E-state index is 11.7. The number of para-hydroxylation sites is 1. The minimum absolute atomic E-state index is 0.439. The fourth-order valence-corrected chi connectivity index (χ4v) is 2.57. The first-order valence-electron chi connectivity index (χ1n) is 7.43. The summed E-state index contributed by atoms with van der Waals surface area (Å²) >= 11 is 0. The number of primary amides is 1. The number of rotatable bonds is 5. The highest BCUT2D eigenvalue weighted by atomic mass is 16.1. The number of aryl methyl sites for hydroxylation is 1. The van der Waals surface area contributed by atoms with Crippen molar-refractivity contribution in [3.05, 3.63) is 53.9 Å². The highest BCUT2D eigenvalue weighted by Crippen LogP contribution is 2.22. The summed E-state index contributed by atoms with van der Waals surface area (Å²) in [6, 6.07) is 9.29. The lowest BCUT2D eigenvalue weighted by Crippen LogP contribution is -2.22. The molecule has 0 atom stereocenters. The van der Waals surface area contributed by atoms with Crippen LogP contribution in [0.4, 0.5) is 5.82 Å². The van der Waals surface area contributed by atoms with Gasteiger partial charge >= 0.3 is 0 Å². The van der Waals surface area contributed by atoms with E-state index in [1.807, 2.05) is 55.7 Å². The number of nitrogens with zero attached hydrogens (tertiary/aromatic N) is 4. The number of amides is 1. The molecular formula is C17H19N5O. The predicted molar refractivity (Wildman–Crippen MR) is 90.4 cm³/mol. The van der Waals surface area contributed by atoms with Gasteiger partial charge in [-0.3, -0.25) is 9.48 Å². The van der Waals surface area contributed by atoms with Crippen LogP contribution in [0.15, 0.2) is 42.7 Å². The van der Waals surface area contributed by atoms with E-state index < -0.39 is 5.91 Å². The number of benzene rings is 1. The summed E-state index contributed by atoms with van der Waals surface area (Å²) in [6.45, 7) is 0.773. The van der Waals surface area contributed by atoms with Crippen molar-refractivity contribution in [3.8, 4) is 0 Å². The largest absolute Gasteiger partial charge is 0.366 e. The Bertz CT molecular complexity index is 855. The van der Waals surface area contributed by atoms with Crippen molar-refractivity contribution in [2.75, 3.05) is 18.5 Å². The zero-order valence-electron chi connectivity index (χ0n) is 13.2. The van der Waals surface area contributed by atoms with Gasteiger partial charge in [-0.1, -0.05) is 18.2 Å². The molecule has 23 heavy (non-hydrogen) atoms. The molecule has 0 saturated heterocycles. The number of hydrogen-bond donors (Lipinski definition) is 1. The molecule has 3 aromatic rings. The van der Waals surface area contributed by atoms with Gasteiger partial charge < -0.3 is 10.6 Å². The van der Waals surface area contributed by atoms with Crippen LogP contribution in [-0.4, -0.2) is 34.3 Å². The molecule has 0 aliphatic carbocycles. The summed E-state index contributed by atoms with van der Waals surface area (Å²) in [6.07, 6.45) is 4.71. The molecule has 0 radical (unpaired) electrons. The first-order chi connectivity index (χ1) is 11.0. The first kappa shape index (κ1) is 15.0. The number of pyridine rings is 1. The number of hydrogen-bond acceptors (Lipinski definition) is 4. The van der Waals surface area contributed by atoms with E-state index in [4.69, 9.17) is 5.73 Å². The van der Waals surface area contributed by atoms with Crippen molar-refractivity contribution in [1.82, 2.24) is 14.8 Å². The van der Waals surface area contributed by atoms with E-state index in [-0.39, 0.29) is 0 Å². The van der Waals surface area contributed by atoms with Crippen molar-refractivity contribution in [2.24, 2.45) is 12.8 Å². The van der Waals surface area contributed by atoms with Gasteiger partial charge in [0.05, 0.1) is 17.3 Å². The van der Waals surface area contributed by atoms with Crippen molar-refractivity contribution in [1.29, 1.82) is 0 Å². The molecule has 2 heterocycles. The second-order valence-electron chi connectivity index (χ2n) is 5.60. The highest BCUT2D eigenvalue weighted by molar-refractivity contribution is 6.06. The highest BCUT2D eigenvalue weighted by Gasteiger charge is 2.12. The number of likely N-dealkylation sites (N-methyl/N-ethyl adjacent to an activating group) is 1. The molecule has 0 aliphatic heterocycles. The topological polar surface area (TPSA) is 77.0 Å². The van der Waals surface area contributed by atoms with Crippen LogP contribution < -0.4 is 10.6 Å². The van der Waals surface area contributed by atoms with E-state index in [9.17, 15) is 4.79 Å². The summed E-state index contributed by atoms with van der Waals surface area (Å²) in [5.74, 6) is 0.298. The number of fused-ring (bicyclic) bond motifs is 1. The third-order valence-electron chi connectivity index (χ3n) is 3.85. The minimum Gasteiger partial charge on any atom is -0.366 e. The second-order valence-corrected chi connectivity index (χ2v) is 5.60. The second kappa shape index (κ2) is 6.08. The Labute approximate surface area is 134 Å².